The molecule has 80 valence electrons. The third kappa shape index (κ3) is 1.68. The fraction of sp³-hybridized carbons (Fsp3) is 0.250. The van der Waals surface area contributed by atoms with Crippen LogP contribution in [0.3, 0.4) is 0 Å². The van der Waals surface area contributed by atoms with Gasteiger partial charge in [-0.15, -0.1) is 0 Å². The monoisotopic (exact) mass is 212 g/mol. The molecule has 4 nitrogen and oxygen atoms in total. The molecule has 0 aliphatic rings. The van der Waals surface area contributed by atoms with E-state index >= 15 is 0 Å². The number of aromatic nitrogens is 3. The summed E-state index contributed by atoms with van der Waals surface area (Å²) in [6, 6.07) is 7.66. The molecule has 0 radical (unpaired) electrons. The van der Waals surface area contributed by atoms with Gasteiger partial charge in [-0.25, -0.2) is 9.67 Å². The Kier molecular flexibility index (Phi) is 2.45. The van der Waals surface area contributed by atoms with Crippen LogP contribution in [0.5, 0.6) is 0 Å². The summed E-state index contributed by atoms with van der Waals surface area (Å²) < 4.78 is 1.80. The molecule has 1 aromatic heterocycles. The molecule has 0 aliphatic heterocycles. The molecule has 0 saturated carbocycles. The molecule has 0 amide bonds. The molecule has 0 spiro atoms. The molecule has 0 fully saturated rings. The highest BCUT2D eigenvalue weighted by Crippen LogP contribution is 2.16. The minimum atomic E-state index is 0.663. The van der Waals surface area contributed by atoms with Crippen LogP contribution in [0, 0.1) is 32.1 Å². The van der Waals surface area contributed by atoms with Crippen LogP contribution >= 0.6 is 0 Å². The van der Waals surface area contributed by atoms with Crippen molar-refractivity contribution in [3.05, 3.63) is 41.0 Å². The van der Waals surface area contributed by atoms with Gasteiger partial charge in [0.25, 0.3) is 0 Å². The Bertz CT molecular complexity index is 575. The van der Waals surface area contributed by atoms with E-state index in [1.807, 2.05) is 32.9 Å². The molecule has 0 aliphatic carbocycles. The number of nitriles is 1. The van der Waals surface area contributed by atoms with Crippen LogP contribution in [-0.2, 0) is 0 Å². The highest BCUT2D eigenvalue weighted by Gasteiger charge is 2.07. The Hall–Kier alpha value is -2.15. The molecular weight excluding hydrogens is 200 g/mol. The summed E-state index contributed by atoms with van der Waals surface area (Å²) in [4.78, 5) is 4.26. The Labute approximate surface area is 94.2 Å². The van der Waals surface area contributed by atoms with Gasteiger partial charge in [0.05, 0.1) is 17.3 Å². The van der Waals surface area contributed by atoms with Crippen LogP contribution in [0.2, 0.25) is 0 Å². The van der Waals surface area contributed by atoms with Crippen molar-refractivity contribution in [3.8, 4) is 11.8 Å². The van der Waals surface area contributed by atoms with Crippen molar-refractivity contribution in [2.75, 3.05) is 0 Å². The third-order valence-corrected chi connectivity index (χ3v) is 2.43. The molecule has 0 saturated heterocycles. The fourth-order valence-corrected chi connectivity index (χ4v) is 1.71. The zero-order valence-corrected chi connectivity index (χ0v) is 9.52. The van der Waals surface area contributed by atoms with Gasteiger partial charge in [-0.3, -0.25) is 0 Å². The summed E-state index contributed by atoms with van der Waals surface area (Å²) in [6.07, 6.45) is 0. The number of hydrogen-bond acceptors (Lipinski definition) is 3. The lowest BCUT2D eigenvalue weighted by molar-refractivity contribution is 0.825. The highest BCUT2D eigenvalue weighted by atomic mass is 15.3. The molecule has 1 heterocycles. The predicted octanol–water partition coefficient (Wildman–Crippen LogP) is 2.06. The minimum absolute atomic E-state index is 0.663. The lowest BCUT2D eigenvalue weighted by atomic mass is 10.1. The fourth-order valence-electron chi connectivity index (χ4n) is 1.71. The van der Waals surface area contributed by atoms with Gasteiger partial charge in [0, 0.05) is 0 Å². The summed E-state index contributed by atoms with van der Waals surface area (Å²) in [5.41, 5.74) is 2.65. The van der Waals surface area contributed by atoms with Gasteiger partial charge >= 0.3 is 0 Å². The maximum Gasteiger partial charge on any atom is 0.148 e. The maximum atomic E-state index is 8.80. The van der Waals surface area contributed by atoms with Crippen LogP contribution in [0.25, 0.3) is 5.69 Å². The normalized spacial score (nSPS) is 10.1. The molecule has 0 bridgehead atoms. The van der Waals surface area contributed by atoms with Gasteiger partial charge in [0.2, 0.25) is 0 Å². The summed E-state index contributed by atoms with van der Waals surface area (Å²) >= 11 is 0. The van der Waals surface area contributed by atoms with Crippen molar-refractivity contribution in [1.29, 1.82) is 5.26 Å². The quantitative estimate of drug-likeness (QED) is 0.727. The second-order valence-electron chi connectivity index (χ2n) is 3.73. The summed E-state index contributed by atoms with van der Waals surface area (Å²) in [7, 11) is 0. The molecule has 1 aromatic carbocycles. The number of rotatable bonds is 1. The lowest BCUT2D eigenvalue weighted by Gasteiger charge is -2.06. The van der Waals surface area contributed by atoms with Crippen molar-refractivity contribution in [2.45, 2.75) is 20.8 Å². The SMILES string of the molecule is Cc1nc(C)n(-c2ccc(C#N)cc2C)n1. The van der Waals surface area contributed by atoms with Crippen molar-refractivity contribution >= 4 is 0 Å². The van der Waals surface area contributed by atoms with Gasteiger partial charge < -0.3 is 0 Å². The first-order valence-corrected chi connectivity index (χ1v) is 5.03. The van der Waals surface area contributed by atoms with E-state index in [1.54, 1.807) is 10.7 Å². The Morgan fingerprint density at radius 2 is 2.00 bits per heavy atom. The van der Waals surface area contributed by atoms with Crippen LogP contribution < -0.4 is 0 Å². The standard InChI is InChI=1S/C12H12N4/c1-8-6-11(7-13)4-5-12(8)16-10(3)14-9(2)15-16/h4-6H,1-3H3. The molecule has 0 atom stereocenters. The number of nitrogens with zero attached hydrogens (tertiary/aromatic N) is 4. The smallest absolute Gasteiger partial charge is 0.148 e. The zero-order valence-electron chi connectivity index (χ0n) is 9.52. The van der Waals surface area contributed by atoms with E-state index in [2.05, 4.69) is 16.2 Å². The maximum absolute atomic E-state index is 8.80. The summed E-state index contributed by atoms with van der Waals surface area (Å²) in [6.45, 7) is 5.74. The van der Waals surface area contributed by atoms with E-state index in [1.165, 1.54) is 0 Å². The van der Waals surface area contributed by atoms with Gasteiger partial charge in [-0.1, -0.05) is 0 Å². The van der Waals surface area contributed by atoms with Gasteiger partial charge in [-0.2, -0.15) is 10.4 Å². The predicted molar refractivity (Wildman–Crippen MR) is 60.3 cm³/mol. The van der Waals surface area contributed by atoms with Crippen LogP contribution in [0.15, 0.2) is 18.2 Å². The number of benzene rings is 1. The van der Waals surface area contributed by atoms with Gasteiger partial charge in [-0.05, 0) is 44.5 Å². The zero-order chi connectivity index (χ0) is 11.7. The van der Waals surface area contributed by atoms with E-state index in [9.17, 15) is 0 Å². The Morgan fingerprint density at radius 3 is 2.50 bits per heavy atom. The highest BCUT2D eigenvalue weighted by molar-refractivity contribution is 5.46. The molecule has 2 rings (SSSR count). The van der Waals surface area contributed by atoms with Gasteiger partial charge in [0.15, 0.2) is 0 Å². The molecule has 4 heteroatoms. The topological polar surface area (TPSA) is 54.5 Å². The average molecular weight is 212 g/mol. The first-order valence-electron chi connectivity index (χ1n) is 5.03. The largest absolute Gasteiger partial charge is 0.218 e. The van der Waals surface area contributed by atoms with Crippen molar-refractivity contribution in [3.63, 3.8) is 0 Å². The first kappa shape index (κ1) is 10.4. The number of hydrogen-bond donors (Lipinski definition) is 0. The van der Waals surface area contributed by atoms with E-state index in [0.29, 0.717) is 5.56 Å². The van der Waals surface area contributed by atoms with Crippen molar-refractivity contribution in [2.24, 2.45) is 0 Å². The summed E-state index contributed by atoms with van der Waals surface area (Å²) in [5.74, 6) is 1.60. The average Bonchev–Trinajstić information content (AvgIpc) is 2.57. The van der Waals surface area contributed by atoms with Crippen LogP contribution in [0.1, 0.15) is 22.8 Å². The van der Waals surface area contributed by atoms with Crippen LogP contribution in [0.4, 0.5) is 0 Å². The second kappa shape index (κ2) is 3.78. The van der Waals surface area contributed by atoms with E-state index in [4.69, 9.17) is 5.26 Å². The molecule has 0 N–H and O–H groups in total. The van der Waals surface area contributed by atoms with E-state index in [-0.39, 0.29) is 0 Å². The summed E-state index contributed by atoms with van der Waals surface area (Å²) in [5, 5.41) is 13.1. The molecule has 0 unspecified atom stereocenters. The van der Waals surface area contributed by atoms with Crippen molar-refractivity contribution < 1.29 is 0 Å². The second-order valence-corrected chi connectivity index (χ2v) is 3.73. The molecule has 16 heavy (non-hydrogen) atoms. The first-order chi connectivity index (χ1) is 7.61. The lowest BCUT2D eigenvalue weighted by Crippen LogP contribution is -2.02. The van der Waals surface area contributed by atoms with Crippen molar-refractivity contribution in [1.82, 2.24) is 14.8 Å². The van der Waals surface area contributed by atoms with Crippen LogP contribution in [-0.4, -0.2) is 14.8 Å². The molecule has 2 aromatic rings. The Morgan fingerprint density at radius 1 is 1.25 bits per heavy atom. The minimum Gasteiger partial charge on any atom is -0.218 e. The molecular formula is C12H12N4. The van der Waals surface area contributed by atoms with E-state index in [0.717, 1.165) is 22.9 Å². The Balaban J connectivity index is 2.57. The van der Waals surface area contributed by atoms with E-state index < -0.39 is 0 Å². The third-order valence-electron chi connectivity index (χ3n) is 2.43. The number of aryl methyl sites for hydroxylation is 3. The van der Waals surface area contributed by atoms with Gasteiger partial charge in [0.1, 0.15) is 11.6 Å².